The van der Waals surface area contributed by atoms with Crippen molar-refractivity contribution in [3.63, 3.8) is 0 Å². The minimum atomic E-state index is -4.37. The Morgan fingerprint density at radius 1 is 1.11 bits per heavy atom. The van der Waals surface area contributed by atoms with E-state index in [1.54, 1.807) is 0 Å². The Labute approximate surface area is 161 Å². The van der Waals surface area contributed by atoms with Gasteiger partial charge in [0.1, 0.15) is 0 Å². The largest absolute Gasteiger partial charge is 0.416 e. The van der Waals surface area contributed by atoms with Crippen molar-refractivity contribution in [2.24, 2.45) is 0 Å². The summed E-state index contributed by atoms with van der Waals surface area (Å²) < 4.78 is 39.4. The molecular formula is C18H16F3N3OS2. The number of hydrogen-bond acceptors (Lipinski definition) is 5. The summed E-state index contributed by atoms with van der Waals surface area (Å²) in [5.41, 5.74) is -0.323. The Morgan fingerprint density at radius 2 is 1.96 bits per heavy atom. The van der Waals surface area contributed by atoms with Gasteiger partial charge in [-0.25, -0.2) is 4.98 Å². The maximum Gasteiger partial charge on any atom is 0.416 e. The van der Waals surface area contributed by atoms with E-state index in [1.165, 1.54) is 28.7 Å². The molecule has 0 atom stereocenters. The average molecular weight is 411 g/mol. The van der Waals surface area contributed by atoms with E-state index in [4.69, 9.17) is 0 Å². The number of alkyl halides is 3. The van der Waals surface area contributed by atoms with Crippen molar-refractivity contribution in [1.82, 2.24) is 9.88 Å². The van der Waals surface area contributed by atoms with Gasteiger partial charge in [0.05, 0.1) is 20.7 Å². The smallest absolute Gasteiger partial charge is 0.346 e. The predicted molar refractivity (Wildman–Crippen MR) is 102 cm³/mol. The van der Waals surface area contributed by atoms with Crippen LogP contribution in [0.3, 0.4) is 0 Å². The Hall–Kier alpha value is -2.13. The molecule has 0 radical (unpaired) electrons. The van der Waals surface area contributed by atoms with Gasteiger partial charge in [-0.1, -0.05) is 17.4 Å². The van der Waals surface area contributed by atoms with E-state index in [2.05, 4.69) is 9.88 Å². The van der Waals surface area contributed by atoms with Gasteiger partial charge in [0, 0.05) is 26.2 Å². The van der Waals surface area contributed by atoms with E-state index < -0.39 is 11.7 Å². The van der Waals surface area contributed by atoms with Crippen LogP contribution in [0.15, 0.2) is 35.7 Å². The lowest BCUT2D eigenvalue weighted by molar-refractivity contribution is -0.137. The fourth-order valence-electron chi connectivity index (χ4n) is 3.09. The fourth-order valence-corrected chi connectivity index (χ4v) is 4.78. The molecule has 4 nitrogen and oxygen atoms in total. The van der Waals surface area contributed by atoms with Gasteiger partial charge in [0.25, 0.3) is 5.91 Å². The highest BCUT2D eigenvalue weighted by atomic mass is 32.1. The maximum atomic E-state index is 12.9. The molecule has 27 heavy (non-hydrogen) atoms. The first-order valence-electron chi connectivity index (χ1n) is 8.47. The highest BCUT2D eigenvalue weighted by Crippen LogP contribution is 2.35. The summed E-state index contributed by atoms with van der Waals surface area (Å²) in [7, 11) is 0. The van der Waals surface area contributed by atoms with Gasteiger partial charge >= 0.3 is 6.18 Å². The molecule has 4 rings (SSSR count). The molecule has 1 aromatic carbocycles. The van der Waals surface area contributed by atoms with Gasteiger partial charge in [0.15, 0.2) is 5.13 Å². The number of amides is 1. The average Bonchev–Trinajstić information content (AvgIpc) is 3.24. The molecule has 3 aromatic rings. The lowest BCUT2D eigenvalue weighted by Crippen LogP contribution is -2.34. The van der Waals surface area contributed by atoms with E-state index in [-0.39, 0.29) is 5.91 Å². The van der Waals surface area contributed by atoms with Crippen LogP contribution in [-0.4, -0.2) is 42.0 Å². The number of fused-ring (bicyclic) bond motifs is 1. The Kier molecular flexibility index (Phi) is 4.81. The molecule has 1 aliphatic rings. The van der Waals surface area contributed by atoms with Crippen molar-refractivity contribution in [2.45, 2.75) is 12.6 Å². The highest BCUT2D eigenvalue weighted by molar-refractivity contribution is 7.22. The SMILES string of the molecule is O=C(c1cccs1)N1CCCN(c2nc3cc(C(F)(F)F)ccc3s2)CC1. The third-order valence-corrected chi connectivity index (χ3v) is 6.44. The molecule has 142 valence electrons. The van der Waals surface area contributed by atoms with E-state index in [0.717, 1.165) is 34.7 Å². The molecule has 1 amide bonds. The first-order valence-corrected chi connectivity index (χ1v) is 10.2. The second-order valence-corrected chi connectivity index (χ2v) is 8.24. The molecule has 2 aromatic heterocycles. The number of benzene rings is 1. The highest BCUT2D eigenvalue weighted by Gasteiger charge is 2.31. The lowest BCUT2D eigenvalue weighted by atomic mass is 10.2. The number of thiazole rings is 1. The van der Waals surface area contributed by atoms with E-state index in [0.29, 0.717) is 30.3 Å². The molecule has 0 bridgehead atoms. The molecule has 0 saturated carbocycles. The fraction of sp³-hybridized carbons (Fsp3) is 0.333. The van der Waals surface area contributed by atoms with Crippen LogP contribution in [0.1, 0.15) is 21.7 Å². The van der Waals surface area contributed by atoms with Crippen LogP contribution in [-0.2, 0) is 6.18 Å². The third-order valence-electron chi connectivity index (χ3n) is 4.49. The van der Waals surface area contributed by atoms with Crippen molar-refractivity contribution in [2.75, 3.05) is 31.1 Å². The summed E-state index contributed by atoms with van der Waals surface area (Å²) in [6, 6.07) is 7.34. The Balaban J connectivity index is 1.51. The molecule has 0 N–H and O–H groups in total. The predicted octanol–water partition coefficient (Wildman–Crippen LogP) is 4.73. The topological polar surface area (TPSA) is 36.4 Å². The van der Waals surface area contributed by atoms with Gasteiger partial charge in [0.2, 0.25) is 0 Å². The second kappa shape index (κ2) is 7.12. The Morgan fingerprint density at radius 3 is 2.70 bits per heavy atom. The summed E-state index contributed by atoms with van der Waals surface area (Å²) in [6.07, 6.45) is -3.58. The van der Waals surface area contributed by atoms with E-state index in [1.807, 2.05) is 22.4 Å². The number of carbonyl (C=O) groups excluding carboxylic acids is 1. The summed E-state index contributed by atoms with van der Waals surface area (Å²) in [5.74, 6) is 0.0333. The molecule has 1 saturated heterocycles. The second-order valence-electron chi connectivity index (χ2n) is 6.29. The molecule has 0 aliphatic carbocycles. The lowest BCUT2D eigenvalue weighted by Gasteiger charge is -2.21. The number of nitrogens with zero attached hydrogens (tertiary/aromatic N) is 3. The quantitative estimate of drug-likeness (QED) is 0.612. The number of anilines is 1. The molecule has 0 unspecified atom stereocenters. The van der Waals surface area contributed by atoms with Crippen LogP contribution in [0.2, 0.25) is 0 Å². The summed E-state index contributed by atoms with van der Waals surface area (Å²) in [5, 5.41) is 2.59. The van der Waals surface area contributed by atoms with Crippen molar-refractivity contribution >= 4 is 43.9 Å². The van der Waals surface area contributed by atoms with Gasteiger partial charge in [-0.15, -0.1) is 11.3 Å². The van der Waals surface area contributed by atoms with Crippen LogP contribution < -0.4 is 4.90 Å². The van der Waals surface area contributed by atoms with Crippen LogP contribution >= 0.6 is 22.7 Å². The number of aromatic nitrogens is 1. The summed E-state index contributed by atoms with van der Waals surface area (Å²) in [4.78, 5) is 21.6. The molecule has 3 heterocycles. The van der Waals surface area contributed by atoms with Gasteiger partial charge in [-0.3, -0.25) is 4.79 Å². The van der Waals surface area contributed by atoms with Crippen LogP contribution in [0.4, 0.5) is 18.3 Å². The Bertz CT molecular complexity index is 953. The van der Waals surface area contributed by atoms with E-state index >= 15 is 0 Å². The summed E-state index contributed by atoms with van der Waals surface area (Å²) in [6.45, 7) is 2.57. The molecule has 1 aliphatic heterocycles. The third kappa shape index (κ3) is 3.79. The normalized spacial score (nSPS) is 16.0. The van der Waals surface area contributed by atoms with Gasteiger partial charge in [-0.2, -0.15) is 13.2 Å². The summed E-state index contributed by atoms with van der Waals surface area (Å²) >= 11 is 2.81. The van der Waals surface area contributed by atoms with Crippen molar-refractivity contribution < 1.29 is 18.0 Å². The number of rotatable bonds is 2. The monoisotopic (exact) mass is 411 g/mol. The van der Waals surface area contributed by atoms with Crippen molar-refractivity contribution in [3.8, 4) is 0 Å². The van der Waals surface area contributed by atoms with Crippen LogP contribution in [0, 0.1) is 0 Å². The van der Waals surface area contributed by atoms with Crippen molar-refractivity contribution in [3.05, 3.63) is 46.2 Å². The molecule has 1 fully saturated rings. The number of carbonyl (C=O) groups is 1. The number of halogens is 3. The van der Waals surface area contributed by atoms with Crippen LogP contribution in [0.5, 0.6) is 0 Å². The molecule has 9 heteroatoms. The first-order chi connectivity index (χ1) is 12.9. The van der Waals surface area contributed by atoms with Gasteiger partial charge < -0.3 is 9.80 Å². The number of hydrogen-bond donors (Lipinski definition) is 0. The number of thiophene rings is 1. The minimum absolute atomic E-state index is 0.0333. The maximum absolute atomic E-state index is 12.9. The zero-order valence-electron chi connectivity index (χ0n) is 14.2. The molecule has 0 spiro atoms. The standard InChI is InChI=1S/C18H16F3N3OS2/c19-18(20,21)12-4-5-14-13(11-12)22-17(27-14)24-7-2-6-23(8-9-24)16(25)15-3-1-10-26-15/h1,3-5,10-11H,2,6-9H2. The zero-order chi connectivity index (χ0) is 19.0. The minimum Gasteiger partial charge on any atom is -0.346 e. The zero-order valence-corrected chi connectivity index (χ0v) is 15.8. The van der Waals surface area contributed by atoms with Gasteiger partial charge in [-0.05, 0) is 36.1 Å². The van der Waals surface area contributed by atoms with E-state index in [9.17, 15) is 18.0 Å². The molecular weight excluding hydrogens is 395 g/mol. The van der Waals surface area contributed by atoms with Crippen molar-refractivity contribution in [1.29, 1.82) is 0 Å². The van der Waals surface area contributed by atoms with Crippen LogP contribution in [0.25, 0.3) is 10.2 Å². The first kappa shape index (κ1) is 18.2.